The van der Waals surface area contributed by atoms with Gasteiger partial charge in [0.25, 0.3) is 5.92 Å². The number of nitrogens with one attached hydrogen (secondary N) is 1. The predicted octanol–water partition coefficient (Wildman–Crippen LogP) is -0.254. The van der Waals surface area contributed by atoms with E-state index in [0.717, 1.165) is 6.54 Å². The van der Waals surface area contributed by atoms with Crippen molar-refractivity contribution in [2.24, 2.45) is 16.5 Å². The molecule has 5 nitrogen and oxygen atoms in total. The molecule has 0 atom stereocenters. The molecule has 0 spiro atoms. The van der Waals surface area contributed by atoms with Crippen molar-refractivity contribution in [2.75, 3.05) is 13.1 Å². The summed E-state index contributed by atoms with van der Waals surface area (Å²) in [5, 5.41) is 10.3. The molecule has 1 aliphatic heterocycles. The van der Waals surface area contributed by atoms with E-state index in [-0.39, 0.29) is 18.9 Å². The first-order valence-electron chi connectivity index (χ1n) is 4.04. The number of piperidine rings is 1. The molecule has 0 aromatic rings. The number of alkyl halides is 2. The van der Waals surface area contributed by atoms with Crippen LogP contribution in [0.1, 0.15) is 12.8 Å². The van der Waals surface area contributed by atoms with Crippen molar-refractivity contribution in [2.45, 2.75) is 18.8 Å². The number of nitrogens with zero attached hydrogens (tertiary/aromatic N) is 2. The summed E-state index contributed by atoms with van der Waals surface area (Å²) in [5.74, 6) is -2.63. The van der Waals surface area contributed by atoms with E-state index < -0.39 is 5.92 Å². The molecule has 0 aromatic heterocycles. The van der Waals surface area contributed by atoms with Crippen molar-refractivity contribution in [1.82, 2.24) is 5.32 Å². The number of hydrogen-bond donors (Lipinski definition) is 3. The van der Waals surface area contributed by atoms with Crippen LogP contribution in [0.4, 0.5) is 8.78 Å². The summed E-state index contributed by atoms with van der Waals surface area (Å²) in [6.07, 6.45) is 2.06. The third-order valence-corrected chi connectivity index (χ3v) is 1.46. The quantitative estimate of drug-likeness (QED) is 0.288. The van der Waals surface area contributed by atoms with Gasteiger partial charge in [0.15, 0.2) is 0 Å². The number of nitrogens with two attached hydrogens (primary N) is 2. The van der Waals surface area contributed by atoms with Gasteiger partial charge < -0.3 is 16.8 Å². The fraction of sp³-hybridized carbons (Fsp3) is 0.714. The first kappa shape index (κ1) is 12.6. The smallest absolute Gasteiger partial charge is 0.260 e. The highest BCUT2D eigenvalue weighted by Crippen LogP contribution is 2.21. The molecule has 80 valence electrons. The Balaban J connectivity index is 0.000000255. The molecule has 1 aliphatic rings. The Morgan fingerprint density at radius 3 is 2.29 bits per heavy atom. The zero-order valence-corrected chi connectivity index (χ0v) is 7.63. The fourth-order valence-electron chi connectivity index (χ4n) is 0.889. The Hall–Kier alpha value is -1.42. The summed E-state index contributed by atoms with van der Waals surface area (Å²) in [5.41, 5.74) is 9.42. The van der Waals surface area contributed by atoms with Crippen molar-refractivity contribution in [1.29, 1.82) is 5.26 Å². The maximum Gasteiger partial charge on any atom is 0.260 e. The average Bonchev–Trinajstić information content (AvgIpc) is 2.04. The monoisotopic (exact) mass is 205 g/mol. The molecule has 1 rings (SSSR count). The highest BCUT2D eigenvalue weighted by molar-refractivity contribution is 5.76. The van der Waals surface area contributed by atoms with Gasteiger partial charge in [0.2, 0.25) is 12.2 Å². The molecule has 0 saturated carbocycles. The molecule has 0 bridgehead atoms. The van der Waals surface area contributed by atoms with Crippen LogP contribution < -0.4 is 16.8 Å². The molecule has 0 radical (unpaired) electrons. The van der Waals surface area contributed by atoms with Gasteiger partial charge in [0.1, 0.15) is 0 Å². The van der Waals surface area contributed by atoms with Crippen LogP contribution in [0.15, 0.2) is 4.99 Å². The minimum absolute atomic E-state index is 0.0556. The van der Waals surface area contributed by atoms with Crippen molar-refractivity contribution < 1.29 is 8.78 Å². The van der Waals surface area contributed by atoms with Crippen LogP contribution in [-0.4, -0.2) is 25.0 Å². The van der Waals surface area contributed by atoms with Crippen LogP contribution in [0.5, 0.6) is 0 Å². The van der Waals surface area contributed by atoms with E-state index in [1.807, 2.05) is 0 Å². The van der Waals surface area contributed by atoms with Crippen molar-refractivity contribution >= 4 is 5.96 Å². The molecular weight excluding hydrogens is 192 g/mol. The van der Waals surface area contributed by atoms with Gasteiger partial charge in [-0.2, -0.15) is 5.26 Å². The van der Waals surface area contributed by atoms with Crippen LogP contribution in [0.25, 0.3) is 0 Å². The SMILES string of the molecule is FC1(F)CCCNC1.N#CN=C(N)N. The molecule has 0 aliphatic carbocycles. The molecule has 1 saturated heterocycles. The van der Waals surface area contributed by atoms with Crippen molar-refractivity contribution in [3.8, 4) is 6.19 Å². The second kappa shape index (κ2) is 6.10. The van der Waals surface area contributed by atoms with Crippen LogP contribution in [0.3, 0.4) is 0 Å². The predicted molar refractivity (Wildman–Crippen MR) is 48.5 cm³/mol. The first-order chi connectivity index (χ1) is 6.48. The minimum atomic E-state index is -2.43. The number of rotatable bonds is 0. The lowest BCUT2D eigenvalue weighted by molar-refractivity contribution is -0.0208. The van der Waals surface area contributed by atoms with Crippen molar-refractivity contribution in [3.63, 3.8) is 0 Å². The Bertz CT molecular complexity index is 221. The van der Waals surface area contributed by atoms with E-state index in [0.29, 0.717) is 6.42 Å². The third-order valence-electron chi connectivity index (χ3n) is 1.46. The van der Waals surface area contributed by atoms with Gasteiger partial charge in [-0.25, -0.2) is 8.78 Å². The zero-order valence-electron chi connectivity index (χ0n) is 7.63. The highest BCUT2D eigenvalue weighted by Gasteiger charge is 2.30. The van der Waals surface area contributed by atoms with Crippen molar-refractivity contribution in [3.05, 3.63) is 0 Å². The Kier molecular flexibility index (Phi) is 5.48. The van der Waals surface area contributed by atoms with Crippen LogP contribution in [-0.2, 0) is 0 Å². The number of nitriles is 1. The summed E-state index contributed by atoms with van der Waals surface area (Å²) in [4.78, 5) is 2.90. The van der Waals surface area contributed by atoms with Gasteiger partial charge in [-0.1, -0.05) is 0 Å². The maximum atomic E-state index is 12.1. The summed E-state index contributed by atoms with van der Waals surface area (Å²) < 4.78 is 24.3. The molecule has 1 fully saturated rings. The number of halogens is 2. The van der Waals surface area contributed by atoms with E-state index in [4.69, 9.17) is 16.7 Å². The molecule has 14 heavy (non-hydrogen) atoms. The first-order valence-corrected chi connectivity index (χ1v) is 4.04. The summed E-state index contributed by atoms with van der Waals surface area (Å²) in [7, 11) is 0. The van der Waals surface area contributed by atoms with Gasteiger partial charge in [0.05, 0.1) is 6.54 Å². The fourth-order valence-corrected chi connectivity index (χ4v) is 0.889. The normalized spacial score (nSPS) is 18.4. The van der Waals surface area contributed by atoms with Gasteiger partial charge in [-0.3, -0.25) is 0 Å². The topological polar surface area (TPSA) is 100 Å². The molecule has 0 unspecified atom stereocenters. The van der Waals surface area contributed by atoms with E-state index >= 15 is 0 Å². The number of hydrogen-bond acceptors (Lipinski definition) is 3. The zero-order chi connectivity index (χ0) is 11.0. The second-order valence-corrected chi connectivity index (χ2v) is 2.77. The Labute approximate surface area is 80.8 Å². The maximum absolute atomic E-state index is 12.1. The average molecular weight is 205 g/mol. The lowest BCUT2D eigenvalue weighted by Gasteiger charge is -2.21. The molecule has 1 heterocycles. The third kappa shape index (κ3) is 7.24. The van der Waals surface area contributed by atoms with E-state index in [1.165, 1.54) is 6.19 Å². The van der Waals surface area contributed by atoms with Crippen LogP contribution in [0, 0.1) is 11.5 Å². The number of aliphatic imine (C=N–C) groups is 1. The van der Waals surface area contributed by atoms with E-state index in [1.54, 1.807) is 0 Å². The van der Waals surface area contributed by atoms with Gasteiger partial charge in [0, 0.05) is 6.42 Å². The lowest BCUT2D eigenvalue weighted by atomic mass is 10.1. The summed E-state index contributed by atoms with van der Waals surface area (Å²) in [6.45, 7) is 0.614. The molecule has 5 N–H and O–H groups in total. The number of guanidine groups is 1. The minimum Gasteiger partial charge on any atom is -0.369 e. The molecule has 0 aromatic carbocycles. The summed E-state index contributed by atoms with van der Waals surface area (Å²) in [6, 6.07) is 0. The standard InChI is InChI=1S/C5H9F2N.C2H4N4/c6-5(7)2-1-3-8-4-5;3-1-6-2(4)5/h8H,1-4H2;(H4,4,5,6). The van der Waals surface area contributed by atoms with Gasteiger partial charge in [-0.05, 0) is 13.0 Å². The largest absolute Gasteiger partial charge is 0.369 e. The molecule has 0 amide bonds. The van der Waals surface area contributed by atoms with E-state index in [2.05, 4.69) is 10.3 Å². The van der Waals surface area contributed by atoms with Crippen LogP contribution >= 0.6 is 0 Å². The Morgan fingerprint density at radius 2 is 2.14 bits per heavy atom. The molecular formula is C7H13F2N5. The van der Waals surface area contributed by atoms with Gasteiger partial charge >= 0.3 is 0 Å². The van der Waals surface area contributed by atoms with Gasteiger partial charge in [-0.15, -0.1) is 4.99 Å². The van der Waals surface area contributed by atoms with E-state index in [9.17, 15) is 8.78 Å². The van der Waals surface area contributed by atoms with Crippen LogP contribution in [0.2, 0.25) is 0 Å². The summed E-state index contributed by atoms with van der Waals surface area (Å²) >= 11 is 0. The second-order valence-electron chi connectivity index (χ2n) is 2.77. The Morgan fingerprint density at radius 1 is 1.50 bits per heavy atom. The molecule has 7 heteroatoms. The highest BCUT2D eigenvalue weighted by atomic mass is 19.3. The lowest BCUT2D eigenvalue weighted by Crippen LogP contribution is -2.38.